The summed E-state index contributed by atoms with van der Waals surface area (Å²) in [5.41, 5.74) is 0. The van der Waals surface area contributed by atoms with E-state index in [1.54, 1.807) is 11.2 Å². The van der Waals surface area contributed by atoms with Crippen LogP contribution < -0.4 is 0 Å². The number of aliphatic hydroxyl groups is 2. The second-order valence-corrected chi connectivity index (χ2v) is 2.00. The van der Waals surface area contributed by atoms with Gasteiger partial charge in [0.1, 0.15) is 0 Å². The highest BCUT2D eigenvalue weighted by molar-refractivity contribution is 5.56. The molecule has 0 aromatic carbocycles. The minimum absolute atomic E-state index is 0.267. The SMILES string of the molecule is OC(O)CN1C=NCC1. The fourth-order valence-corrected chi connectivity index (χ4v) is 0.765. The first-order valence-corrected chi connectivity index (χ1v) is 2.89. The molecule has 9 heavy (non-hydrogen) atoms. The average molecular weight is 130 g/mol. The van der Waals surface area contributed by atoms with E-state index in [-0.39, 0.29) is 6.54 Å². The normalized spacial score (nSPS) is 17.9. The van der Waals surface area contributed by atoms with Crippen LogP contribution in [-0.4, -0.2) is 47.4 Å². The first kappa shape index (κ1) is 6.51. The maximum atomic E-state index is 8.46. The monoisotopic (exact) mass is 130 g/mol. The summed E-state index contributed by atoms with van der Waals surface area (Å²) in [6.45, 7) is 1.84. The van der Waals surface area contributed by atoms with Gasteiger partial charge in [0.05, 0.1) is 19.4 Å². The lowest BCUT2D eigenvalue weighted by molar-refractivity contribution is -0.0494. The van der Waals surface area contributed by atoms with Crippen molar-refractivity contribution < 1.29 is 10.2 Å². The predicted molar refractivity (Wildman–Crippen MR) is 33.2 cm³/mol. The van der Waals surface area contributed by atoms with E-state index >= 15 is 0 Å². The molecule has 0 amide bonds. The van der Waals surface area contributed by atoms with Crippen molar-refractivity contribution in [2.45, 2.75) is 6.29 Å². The Bertz CT molecular complexity index is 114. The molecule has 0 aromatic heterocycles. The zero-order valence-corrected chi connectivity index (χ0v) is 5.06. The lowest BCUT2D eigenvalue weighted by Gasteiger charge is -2.13. The summed E-state index contributed by atoms with van der Waals surface area (Å²) in [5.74, 6) is 0. The molecule has 2 N–H and O–H groups in total. The van der Waals surface area contributed by atoms with Crippen LogP contribution >= 0.6 is 0 Å². The van der Waals surface area contributed by atoms with Crippen LogP contribution in [0.3, 0.4) is 0 Å². The highest BCUT2D eigenvalue weighted by Crippen LogP contribution is 1.92. The summed E-state index contributed by atoms with van der Waals surface area (Å²) in [6.07, 6.45) is 0.397. The maximum absolute atomic E-state index is 8.46. The van der Waals surface area contributed by atoms with Gasteiger partial charge in [0.25, 0.3) is 0 Å². The van der Waals surface area contributed by atoms with Crippen molar-refractivity contribution >= 4 is 6.34 Å². The van der Waals surface area contributed by atoms with Crippen LogP contribution in [0, 0.1) is 0 Å². The molecular formula is C5H10N2O2. The summed E-state index contributed by atoms with van der Waals surface area (Å²) >= 11 is 0. The van der Waals surface area contributed by atoms with Gasteiger partial charge in [-0.15, -0.1) is 0 Å². The smallest absolute Gasteiger partial charge is 0.169 e. The van der Waals surface area contributed by atoms with Crippen LogP contribution in [0.5, 0.6) is 0 Å². The van der Waals surface area contributed by atoms with Gasteiger partial charge in [0.15, 0.2) is 6.29 Å². The number of hydrogen-bond donors (Lipinski definition) is 2. The molecule has 0 radical (unpaired) electrons. The van der Waals surface area contributed by atoms with Gasteiger partial charge in [-0.1, -0.05) is 0 Å². The van der Waals surface area contributed by atoms with Crippen molar-refractivity contribution in [1.29, 1.82) is 0 Å². The zero-order chi connectivity index (χ0) is 6.69. The Balaban J connectivity index is 2.20. The van der Waals surface area contributed by atoms with E-state index in [1.807, 2.05) is 0 Å². The number of β-amino-alcohol motifs (C(OH)–C–C–N with tert-alkyl or cyclic N) is 2. The van der Waals surface area contributed by atoms with Crippen LogP contribution in [0.15, 0.2) is 4.99 Å². The summed E-state index contributed by atoms with van der Waals surface area (Å²) in [4.78, 5) is 5.67. The van der Waals surface area contributed by atoms with Crippen molar-refractivity contribution in [2.24, 2.45) is 4.99 Å². The first-order valence-electron chi connectivity index (χ1n) is 2.89. The van der Waals surface area contributed by atoms with Gasteiger partial charge in [0.2, 0.25) is 0 Å². The third-order valence-electron chi connectivity index (χ3n) is 1.16. The minimum atomic E-state index is -1.24. The van der Waals surface area contributed by atoms with E-state index in [1.165, 1.54) is 0 Å². The fourth-order valence-electron chi connectivity index (χ4n) is 0.765. The fraction of sp³-hybridized carbons (Fsp3) is 0.800. The van der Waals surface area contributed by atoms with E-state index in [2.05, 4.69) is 4.99 Å². The largest absolute Gasteiger partial charge is 0.367 e. The van der Waals surface area contributed by atoms with Gasteiger partial charge in [-0.25, -0.2) is 0 Å². The van der Waals surface area contributed by atoms with E-state index in [4.69, 9.17) is 10.2 Å². The van der Waals surface area contributed by atoms with Crippen LogP contribution in [0.1, 0.15) is 0 Å². The highest BCUT2D eigenvalue weighted by Gasteiger charge is 2.07. The minimum Gasteiger partial charge on any atom is -0.367 e. The van der Waals surface area contributed by atoms with E-state index in [9.17, 15) is 0 Å². The first-order chi connectivity index (χ1) is 4.29. The van der Waals surface area contributed by atoms with Gasteiger partial charge in [-0.05, 0) is 0 Å². The molecule has 0 saturated carbocycles. The Labute approximate surface area is 53.4 Å². The standard InChI is InChI=1S/C5H10N2O2/c8-5(9)3-7-2-1-6-4-7/h4-5,8-9H,1-3H2. The molecule has 0 aromatic rings. The van der Waals surface area contributed by atoms with E-state index < -0.39 is 6.29 Å². The molecule has 0 bridgehead atoms. The third-order valence-corrected chi connectivity index (χ3v) is 1.16. The van der Waals surface area contributed by atoms with Crippen molar-refractivity contribution in [3.05, 3.63) is 0 Å². The Morgan fingerprint density at radius 2 is 2.44 bits per heavy atom. The summed E-state index contributed by atoms with van der Waals surface area (Å²) in [7, 11) is 0. The van der Waals surface area contributed by atoms with Crippen LogP contribution in [0.25, 0.3) is 0 Å². The topological polar surface area (TPSA) is 56.1 Å². The third kappa shape index (κ3) is 1.99. The lowest BCUT2D eigenvalue weighted by Crippen LogP contribution is -2.29. The molecule has 52 valence electrons. The Hall–Kier alpha value is -0.610. The summed E-state index contributed by atoms with van der Waals surface area (Å²) in [6, 6.07) is 0. The molecule has 4 heteroatoms. The number of aliphatic hydroxyl groups excluding tert-OH is 1. The van der Waals surface area contributed by atoms with Crippen molar-refractivity contribution in [1.82, 2.24) is 4.90 Å². The Morgan fingerprint density at radius 1 is 1.67 bits per heavy atom. The number of nitrogens with zero attached hydrogens (tertiary/aromatic N) is 2. The number of rotatable bonds is 2. The van der Waals surface area contributed by atoms with Crippen molar-refractivity contribution in [2.75, 3.05) is 19.6 Å². The van der Waals surface area contributed by atoms with Gasteiger partial charge in [0, 0.05) is 6.54 Å². The summed E-state index contributed by atoms with van der Waals surface area (Å²) in [5, 5.41) is 16.9. The zero-order valence-electron chi connectivity index (χ0n) is 5.06. The predicted octanol–water partition coefficient (Wildman–Crippen LogP) is -1.36. The van der Waals surface area contributed by atoms with Gasteiger partial charge >= 0.3 is 0 Å². The molecule has 1 aliphatic heterocycles. The molecular weight excluding hydrogens is 120 g/mol. The van der Waals surface area contributed by atoms with Crippen LogP contribution in [0.2, 0.25) is 0 Å². The molecule has 0 atom stereocenters. The quantitative estimate of drug-likeness (QED) is 0.454. The average Bonchev–Trinajstić information content (AvgIpc) is 2.15. The lowest BCUT2D eigenvalue weighted by atomic mass is 10.5. The molecule has 1 heterocycles. The van der Waals surface area contributed by atoms with E-state index in [0.717, 1.165) is 13.1 Å². The Kier molecular flexibility index (Phi) is 2.02. The van der Waals surface area contributed by atoms with Gasteiger partial charge < -0.3 is 15.1 Å². The second-order valence-electron chi connectivity index (χ2n) is 2.00. The summed E-state index contributed by atoms with van der Waals surface area (Å²) < 4.78 is 0. The van der Waals surface area contributed by atoms with Crippen LogP contribution in [-0.2, 0) is 0 Å². The molecule has 4 nitrogen and oxygen atoms in total. The molecule has 1 aliphatic rings. The molecule has 0 fully saturated rings. The second kappa shape index (κ2) is 2.80. The number of aliphatic imine (C=N–C) groups is 1. The molecule has 0 saturated heterocycles. The molecule has 0 spiro atoms. The van der Waals surface area contributed by atoms with Crippen LogP contribution in [0.4, 0.5) is 0 Å². The molecule has 0 aliphatic carbocycles. The van der Waals surface area contributed by atoms with Crippen molar-refractivity contribution in [3.63, 3.8) is 0 Å². The highest BCUT2D eigenvalue weighted by atomic mass is 16.5. The van der Waals surface area contributed by atoms with Gasteiger partial charge in [-0.3, -0.25) is 4.99 Å². The maximum Gasteiger partial charge on any atom is 0.169 e. The van der Waals surface area contributed by atoms with Crippen molar-refractivity contribution in [3.8, 4) is 0 Å². The molecule has 0 unspecified atom stereocenters. The Morgan fingerprint density at radius 3 is 2.89 bits per heavy atom. The number of hydrogen-bond acceptors (Lipinski definition) is 4. The molecule has 1 rings (SSSR count). The van der Waals surface area contributed by atoms with Gasteiger partial charge in [-0.2, -0.15) is 0 Å². The van der Waals surface area contributed by atoms with E-state index in [0.29, 0.717) is 0 Å².